The van der Waals surface area contributed by atoms with E-state index in [4.69, 9.17) is 0 Å². The quantitative estimate of drug-likeness (QED) is 0.540. The van der Waals surface area contributed by atoms with Crippen LogP contribution in [0.5, 0.6) is 0 Å². The van der Waals surface area contributed by atoms with Gasteiger partial charge in [0.05, 0.1) is 0 Å². The van der Waals surface area contributed by atoms with Crippen molar-refractivity contribution in [1.29, 1.82) is 0 Å². The molecule has 1 aliphatic rings. The van der Waals surface area contributed by atoms with Gasteiger partial charge in [-0.1, -0.05) is 10.9 Å². The molecule has 1 unspecified atom stereocenters. The van der Waals surface area contributed by atoms with Crippen LogP contribution in [-0.4, -0.2) is 21.0 Å². The van der Waals surface area contributed by atoms with Gasteiger partial charge < -0.3 is 5.32 Å². The molecular weight excluding hydrogens is 225 g/mol. The fraction of sp³-hybridized carbons (Fsp3) is 0.857. The van der Waals surface area contributed by atoms with Crippen LogP contribution in [0.4, 0.5) is 0 Å². The Balaban J connectivity index is 2.38. The first kappa shape index (κ1) is 7.66. The van der Waals surface area contributed by atoms with E-state index in [2.05, 4.69) is 23.3 Å². The first-order valence-corrected chi connectivity index (χ1v) is 5.93. The smallest absolute Gasteiger partial charge is 0.0113 e. The average Bonchev–Trinajstić information content (AvgIpc) is 1.88. The maximum absolute atomic E-state index is 3.32. The van der Waals surface area contributed by atoms with Crippen LogP contribution in [0.3, 0.4) is 0 Å². The highest BCUT2D eigenvalue weighted by atomic mass is 127. The average molecular weight is 239 g/mol. The summed E-state index contributed by atoms with van der Waals surface area (Å²) in [4.78, 5) is 0. The Morgan fingerprint density at radius 1 is 1.67 bits per heavy atom. The second kappa shape index (κ2) is 3.66. The van der Waals surface area contributed by atoms with E-state index in [0.717, 1.165) is 9.97 Å². The van der Waals surface area contributed by atoms with Crippen molar-refractivity contribution in [2.24, 2.45) is 0 Å². The molecule has 1 heterocycles. The van der Waals surface area contributed by atoms with E-state index in [1.807, 2.05) is 0 Å². The van der Waals surface area contributed by atoms with Gasteiger partial charge >= 0.3 is 0 Å². The highest BCUT2D eigenvalue weighted by Crippen LogP contribution is 2.20. The summed E-state index contributed by atoms with van der Waals surface area (Å²) in [6.07, 6.45) is 2.72. The molecular formula is C7H14IN. The zero-order valence-corrected chi connectivity index (χ0v) is 8.18. The van der Waals surface area contributed by atoms with Crippen LogP contribution in [0.15, 0.2) is 0 Å². The Hall–Kier alpha value is 0.560. The summed E-state index contributed by atoms with van der Waals surface area (Å²) in [6, 6.07) is 0.786. The lowest BCUT2D eigenvalue weighted by Crippen LogP contribution is -2.29. The zero-order valence-electron chi connectivity index (χ0n) is 6.02. The van der Waals surface area contributed by atoms with Gasteiger partial charge in [0, 0.05) is 9.97 Å². The summed E-state index contributed by atoms with van der Waals surface area (Å²) in [7, 11) is 2.06. The number of rotatable bonds is 1. The molecule has 0 radical (unpaired) electrons. The normalized spacial score (nSPS) is 35.8. The zero-order chi connectivity index (χ0) is 6.69. The van der Waals surface area contributed by atoms with Crippen molar-refractivity contribution in [3.05, 3.63) is 0 Å². The summed E-state index contributed by atoms with van der Waals surface area (Å²) in [6.45, 7) is 2.37. The Morgan fingerprint density at radius 2 is 2.44 bits per heavy atom. The molecule has 1 aliphatic heterocycles. The molecule has 0 saturated carbocycles. The third-order valence-electron chi connectivity index (χ3n) is 1.70. The Kier molecular flexibility index (Phi) is 3.12. The van der Waals surface area contributed by atoms with Gasteiger partial charge in [-0.15, -0.1) is 20.7 Å². The van der Waals surface area contributed by atoms with Gasteiger partial charge in [-0.2, -0.15) is 0 Å². The van der Waals surface area contributed by atoms with Gasteiger partial charge in [-0.3, -0.25) is 0 Å². The van der Waals surface area contributed by atoms with Crippen LogP contribution < -0.4 is 5.32 Å². The van der Waals surface area contributed by atoms with Gasteiger partial charge in [0.15, 0.2) is 0 Å². The van der Waals surface area contributed by atoms with Gasteiger partial charge in [0.2, 0.25) is 0 Å². The molecule has 0 aromatic carbocycles. The first-order valence-electron chi connectivity index (χ1n) is 3.44. The van der Waals surface area contributed by atoms with Crippen molar-refractivity contribution in [3.63, 3.8) is 0 Å². The molecule has 1 rings (SSSR count). The molecule has 0 amide bonds. The molecule has 0 aromatic heterocycles. The predicted octanol–water partition coefficient (Wildman–Crippen LogP) is 1.53. The summed E-state index contributed by atoms with van der Waals surface area (Å²) in [5.74, 6) is 0. The Morgan fingerprint density at radius 3 is 2.89 bits per heavy atom. The van der Waals surface area contributed by atoms with Gasteiger partial charge in [0.25, 0.3) is 0 Å². The number of alkyl halides is 1. The standard InChI is InChI=1S/C7H14IN/c1-6-5-7(9-2)3-4-8-6/h4,6-7,9H,3,5H2,1-2H3/t6-,7?/m1/s1. The number of hydrogen-bond acceptors (Lipinski definition) is 1. The van der Waals surface area contributed by atoms with Crippen molar-refractivity contribution < 1.29 is 0 Å². The number of halogens is 1. The van der Waals surface area contributed by atoms with Crippen molar-refractivity contribution in [2.75, 3.05) is 7.05 Å². The van der Waals surface area contributed by atoms with E-state index >= 15 is 0 Å². The minimum atomic E-state index is 0.454. The van der Waals surface area contributed by atoms with E-state index in [9.17, 15) is 0 Å². The van der Waals surface area contributed by atoms with Crippen LogP contribution in [0.1, 0.15) is 19.8 Å². The molecule has 54 valence electrons. The summed E-state index contributed by atoms with van der Waals surface area (Å²) < 4.78 is 3.52. The molecule has 0 spiro atoms. The van der Waals surface area contributed by atoms with Crippen molar-refractivity contribution in [1.82, 2.24) is 5.32 Å². The minimum Gasteiger partial charge on any atom is -0.317 e. The molecule has 1 N–H and O–H groups in total. The molecule has 9 heavy (non-hydrogen) atoms. The van der Waals surface area contributed by atoms with E-state index in [1.54, 1.807) is 0 Å². The fourth-order valence-electron chi connectivity index (χ4n) is 1.09. The first-order chi connectivity index (χ1) is 4.33. The van der Waals surface area contributed by atoms with Gasteiger partial charge in [-0.05, 0) is 19.9 Å². The molecule has 0 aromatic rings. The van der Waals surface area contributed by atoms with Crippen LogP contribution in [0.25, 0.3) is 0 Å². The van der Waals surface area contributed by atoms with Crippen LogP contribution in [0.2, 0.25) is 0 Å². The molecule has 2 heteroatoms. The topological polar surface area (TPSA) is 12.0 Å². The molecule has 0 fully saturated rings. The monoisotopic (exact) mass is 239 g/mol. The van der Waals surface area contributed by atoms with Crippen molar-refractivity contribution in [3.8, 4) is 0 Å². The molecule has 0 saturated heterocycles. The maximum Gasteiger partial charge on any atom is 0.0113 e. The second-order valence-corrected chi connectivity index (χ2v) is 6.24. The lowest BCUT2D eigenvalue weighted by atomic mass is 10.1. The summed E-state index contributed by atoms with van der Waals surface area (Å²) in [5, 5.41) is 3.32. The molecule has 1 nitrogen and oxygen atoms in total. The van der Waals surface area contributed by atoms with E-state index in [1.165, 1.54) is 12.8 Å². The van der Waals surface area contributed by atoms with Gasteiger partial charge in [0.1, 0.15) is 0 Å². The van der Waals surface area contributed by atoms with E-state index < -0.39 is 0 Å². The number of hydrogen-bond donors (Lipinski definition) is 1. The molecule has 2 atom stereocenters. The lowest BCUT2D eigenvalue weighted by Gasteiger charge is -2.20. The molecule has 0 bridgehead atoms. The largest absolute Gasteiger partial charge is 0.317 e. The predicted molar refractivity (Wildman–Crippen MR) is 51.6 cm³/mol. The Labute approximate surface area is 67.0 Å². The minimum absolute atomic E-state index is 0.454. The third-order valence-corrected chi connectivity index (χ3v) is 4.45. The van der Waals surface area contributed by atoms with Crippen LogP contribution in [0, 0.1) is 0 Å². The lowest BCUT2D eigenvalue weighted by molar-refractivity contribution is 0.546. The van der Waals surface area contributed by atoms with Gasteiger partial charge in [-0.25, -0.2) is 0 Å². The van der Waals surface area contributed by atoms with E-state index in [-0.39, 0.29) is 0 Å². The van der Waals surface area contributed by atoms with E-state index in [0.29, 0.717) is 20.7 Å². The third kappa shape index (κ3) is 2.34. The van der Waals surface area contributed by atoms with Crippen molar-refractivity contribution >= 4 is 24.7 Å². The second-order valence-electron chi connectivity index (χ2n) is 2.52. The summed E-state index contributed by atoms with van der Waals surface area (Å²) in [5.41, 5.74) is 0. The van der Waals surface area contributed by atoms with Crippen LogP contribution >= 0.6 is 20.7 Å². The summed E-state index contributed by atoms with van der Waals surface area (Å²) >= 11 is 0.454. The van der Waals surface area contributed by atoms with Crippen molar-refractivity contribution in [2.45, 2.75) is 29.7 Å². The van der Waals surface area contributed by atoms with Crippen LogP contribution in [-0.2, 0) is 0 Å². The maximum atomic E-state index is 3.32. The highest BCUT2D eigenvalue weighted by molar-refractivity contribution is 14.2. The molecule has 0 aliphatic carbocycles. The number of nitrogens with one attached hydrogen (secondary N) is 1. The highest BCUT2D eigenvalue weighted by Gasteiger charge is 2.11. The Bertz CT molecular complexity index is 111. The SMILES string of the molecule is CNC1CC=I[C@H](C)C1. The fourth-order valence-corrected chi connectivity index (χ4v) is 3.77.